The van der Waals surface area contributed by atoms with Crippen LogP contribution < -0.4 is 10.4 Å². The number of aryl methyl sites for hydroxylation is 1. The summed E-state index contributed by atoms with van der Waals surface area (Å²) < 4.78 is 10.8. The van der Waals surface area contributed by atoms with Gasteiger partial charge in [-0.1, -0.05) is 46.2 Å². The lowest BCUT2D eigenvalue weighted by Gasteiger charge is -2.18. The van der Waals surface area contributed by atoms with Crippen LogP contribution >= 0.6 is 0 Å². The van der Waals surface area contributed by atoms with Gasteiger partial charge in [-0.2, -0.15) is 0 Å². The van der Waals surface area contributed by atoms with E-state index in [4.69, 9.17) is 9.15 Å². The molecule has 0 aliphatic carbocycles. The molecule has 1 heterocycles. The average molecular weight is 364 g/mol. The third-order valence-electron chi connectivity index (χ3n) is 4.52. The number of carbonyl (C=O) groups excluding carboxylic acids is 1. The van der Waals surface area contributed by atoms with Gasteiger partial charge >= 0.3 is 11.6 Å². The summed E-state index contributed by atoms with van der Waals surface area (Å²) >= 11 is 0. The molecule has 3 aromatic rings. The first-order chi connectivity index (χ1) is 12.8. The van der Waals surface area contributed by atoms with Crippen LogP contribution in [-0.2, 0) is 11.8 Å². The predicted octanol–water partition coefficient (Wildman–Crippen LogP) is 5.26. The lowest BCUT2D eigenvalue weighted by atomic mass is 9.87. The van der Waals surface area contributed by atoms with Crippen molar-refractivity contribution in [2.75, 3.05) is 0 Å². The number of benzene rings is 2. The lowest BCUT2D eigenvalue weighted by molar-refractivity contribution is 0.0735. The Morgan fingerprint density at radius 1 is 1.04 bits per heavy atom. The standard InChI is InChI=1S/C23H24O4/c1-5-6-16-13-21(24)27-20-14-18(11-12-19(16)20)26-22(25)15-7-9-17(10-8-15)23(2,3)4/h7-14H,5-6H2,1-4H3. The maximum Gasteiger partial charge on any atom is 0.343 e. The van der Waals surface area contributed by atoms with E-state index in [0.29, 0.717) is 16.9 Å². The van der Waals surface area contributed by atoms with Crippen LogP contribution in [0.1, 0.15) is 55.6 Å². The molecule has 0 aliphatic heterocycles. The zero-order valence-electron chi connectivity index (χ0n) is 16.2. The molecule has 0 spiro atoms. The Morgan fingerprint density at radius 3 is 2.37 bits per heavy atom. The molecule has 27 heavy (non-hydrogen) atoms. The third kappa shape index (κ3) is 4.27. The van der Waals surface area contributed by atoms with Crippen molar-refractivity contribution in [1.82, 2.24) is 0 Å². The van der Waals surface area contributed by atoms with Crippen molar-refractivity contribution in [3.63, 3.8) is 0 Å². The molecule has 0 aliphatic rings. The second kappa shape index (κ2) is 7.39. The second-order valence-electron chi connectivity index (χ2n) is 7.72. The molecule has 140 valence electrons. The van der Waals surface area contributed by atoms with E-state index in [1.165, 1.54) is 6.07 Å². The summed E-state index contributed by atoms with van der Waals surface area (Å²) in [6.45, 7) is 8.42. The van der Waals surface area contributed by atoms with Gasteiger partial charge in [0.15, 0.2) is 0 Å². The Kier molecular flexibility index (Phi) is 5.17. The summed E-state index contributed by atoms with van der Waals surface area (Å²) in [6, 6.07) is 14.1. The molecule has 0 radical (unpaired) electrons. The van der Waals surface area contributed by atoms with E-state index in [-0.39, 0.29) is 5.41 Å². The highest BCUT2D eigenvalue weighted by Gasteiger charge is 2.15. The van der Waals surface area contributed by atoms with Crippen molar-refractivity contribution < 1.29 is 13.9 Å². The van der Waals surface area contributed by atoms with E-state index in [0.717, 1.165) is 29.4 Å². The van der Waals surface area contributed by atoms with Gasteiger partial charge in [-0.3, -0.25) is 0 Å². The Balaban J connectivity index is 1.86. The smallest absolute Gasteiger partial charge is 0.343 e. The van der Waals surface area contributed by atoms with Gasteiger partial charge in [-0.25, -0.2) is 9.59 Å². The summed E-state index contributed by atoms with van der Waals surface area (Å²) in [5.74, 6) is -0.0916. The third-order valence-corrected chi connectivity index (χ3v) is 4.52. The van der Waals surface area contributed by atoms with Crippen LogP contribution in [0, 0.1) is 0 Å². The van der Waals surface area contributed by atoms with Crippen LogP contribution in [-0.4, -0.2) is 5.97 Å². The first-order valence-electron chi connectivity index (χ1n) is 9.17. The molecule has 0 atom stereocenters. The molecular formula is C23H24O4. The minimum Gasteiger partial charge on any atom is -0.423 e. The number of esters is 1. The molecule has 0 saturated carbocycles. The monoisotopic (exact) mass is 364 g/mol. The van der Waals surface area contributed by atoms with Crippen molar-refractivity contribution in [1.29, 1.82) is 0 Å². The lowest BCUT2D eigenvalue weighted by Crippen LogP contribution is -2.13. The number of ether oxygens (including phenoxy) is 1. The fourth-order valence-corrected chi connectivity index (χ4v) is 3.02. The van der Waals surface area contributed by atoms with Crippen LogP contribution in [0.5, 0.6) is 5.75 Å². The molecular weight excluding hydrogens is 340 g/mol. The van der Waals surface area contributed by atoms with Crippen molar-refractivity contribution in [3.8, 4) is 5.75 Å². The zero-order chi connectivity index (χ0) is 19.6. The quantitative estimate of drug-likeness (QED) is 0.360. The molecule has 0 amide bonds. The SMILES string of the molecule is CCCc1cc(=O)oc2cc(OC(=O)c3ccc(C(C)(C)C)cc3)ccc12. The van der Waals surface area contributed by atoms with E-state index >= 15 is 0 Å². The predicted molar refractivity (Wildman–Crippen MR) is 107 cm³/mol. The van der Waals surface area contributed by atoms with Gasteiger partial charge in [0.1, 0.15) is 11.3 Å². The van der Waals surface area contributed by atoms with Crippen LogP contribution in [0.4, 0.5) is 0 Å². The summed E-state index contributed by atoms with van der Waals surface area (Å²) in [4.78, 5) is 24.2. The van der Waals surface area contributed by atoms with Crippen molar-refractivity contribution in [2.24, 2.45) is 0 Å². The number of fused-ring (bicyclic) bond motifs is 1. The maximum atomic E-state index is 12.4. The highest BCUT2D eigenvalue weighted by Crippen LogP contribution is 2.25. The summed E-state index contributed by atoms with van der Waals surface area (Å²) in [6.07, 6.45) is 1.72. The van der Waals surface area contributed by atoms with E-state index < -0.39 is 11.6 Å². The van der Waals surface area contributed by atoms with Gasteiger partial charge in [-0.15, -0.1) is 0 Å². The minimum absolute atomic E-state index is 0.0223. The normalized spacial score (nSPS) is 11.6. The highest BCUT2D eigenvalue weighted by molar-refractivity contribution is 5.92. The Labute approximate surface area is 158 Å². The summed E-state index contributed by atoms with van der Waals surface area (Å²) in [5, 5.41) is 0.866. The van der Waals surface area contributed by atoms with Gasteiger partial charge in [0.05, 0.1) is 5.56 Å². The van der Waals surface area contributed by atoms with Crippen molar-refractivity contribution in [2.45, 2.75) is 46.0 Å². The molecule has 2 aromatic carbocycles. The van der Waals surface area contributed by atoms with Gasteiger partial charge in [0.25, 0.3) is 0 Å². The minimum atomic E-state index is -0.443. The topological polar surface area (TPSA) is 56.5 Å². The Bertz CT molecular complexity index is 1020. The number of hydrogen-bond acceptors (Lipinski definition) is 4. The Hall–Kier alpha value is -2.88. The van der Waals surface area contributed by atoms with Gasteiger partial charge in [0, 0.05) is 17.5 Å². The number of rotatable bonds is 4. The average Bonchev–Trinajstić information content (AvgIpc) is 2.61. The van der Waals surface area contributed by atoms with Crippen LogP contribution in [0.3, 0.4) is 0 Å². The molecule has 0 saturated heterocycles. The van der Waals surface area contributed by atoms with Gasteiger partial charge < -0.3 is 9.15 Å². The molecule has 0 fully saturated rings. The first kappa shape index (κ1) is 18.9. The first-order valence-corrected chi connectivity index (χ1v) is 9.17. The summed E-state index contributed by atoms with van der Waals surface area (Å²) in [7, 11) is 0. The van der Waals surface area contributed by atoms with Crippen molar-refractivity contribution >= 4 is 16.9 Å². The fourth-order valence-electron chi connectivity index (χ4n) is 3.02. The molecule has 4 nitrogen and oxygen atoms in total. The molecule has 3 rings (SSSR count). The number of carbonyl (C=O) groups is 1. The van der Waals surface area contributed by atoms with E-state index in [1.807, 2.05) is 18.2 Å². The van der Waals surface area contributed by atoms with Crippen LogP contribution in [0.25, 0.3) is 11.0 Å². The number of hydrogen-bond donors (Lipinski definition) is 0. The maximum absolute atomic E-state index is 12.4. The molecule has 0 N–H and O–H groups in total. The largest absolute Gasteiger partial charge is 0.423 e. The summed E-state index contributed by atoms with van der Waals surface area (Å²) in [5.41, 5.74) is 2.62. The Morgan fingerprint density at radius 2 is 1.74 bits per heavy atom. The highest BCUT2D eigenvalue weighted by atomic mass is 16.5. The van der Waals surface area contributed by atoms with Crippen molar-refractivity contribution in [3.05, 3.63) is 75.6 Å². The van der Waals surface area contributed by atoms with Crippen LogP contribution in [0.2, 0.25) is 0 Å². The van der Waals surface area contributed by atoms with E-state index in [1.54, 1.807) is 24.3 Å². The molecule has 0 unspecified atom stereocenters. The molecule has 1 aromatic heterocycles. The molecule has 0 bridgehead atoms. The van der Waals surface area contributed by atoms with Crippen LogP contribution in [0.15, 0.2) is 57.7 Å². The van der Waals surface area contributed by atoms with E-state index in [2.05, 4.69) is 27.7 Å². The van der Waals surface area contributed by atoms with Gasteiger partial charge in [0.2, 0.25) is 0 Å². The van der Waals surface area contributed by atoms with Gasteiger partial charge in [-0.05, 0) is 47.2 Å². The second-order valence-corrected chi connectivity index (χ2v) is 7.72. The van der Waals surface area contributed by atoms with E-state index in [9.17, 15) is 9.59 Å². The zero-order valence-corrected chi connectivity index (χ0v) is 16.2. The fraction of sp³-hybridized carbons (Fsp3) is 0.304. The molecule has 4 heteroatoms.